The van der Waals surface area contributed by atoms with Crippen molar-refractivity contribution in [3.05, 3.63) is 75.2 Å². The molecule has 10 heteroatoms. The Bertz CT molecular complexity index is 1090. The normalized spacial score (nSPS) is 11.7. The number of carbonyl (C=O) groups is 1. The van der Waals surface area contributed by atoms with E-state index in [4.69, 9.17) is 11.6 Å². The Hall–Kier alpha value is -3.33. The number of nitrogens with one attached hydrogen (secondary N) is 2. The monoisotopic (exact) mass is 409 g/mol. The molecule has 2 aromatic carbocycles. The molecule has 3 aromatic rings. The van der Waals surface area contributed by atoms with Crippen LogP contribution in [0.5, 0.6) is 0 Å². The molecule has 0 saturated heterocycles. The Balaban J connectivity index is 1.68. The van der Waals surface area contributed by atoms with E-state index in [0.29, 0.717) is 11.3 Å². The van der Waals surface area contributed by atoms with Gasteiger partial charge in [-0.15, -0.1) is 0 Å². The Morgan fingerprint density at radius 3 is 2.50 bits per heavy atom. The second-order valence-corrected chi connectivity index (χ2v) is 5.99. The molecule has 0 aliphatic heterocycles. The zero-order valence-corrected chi connectivity index (χ0v) is 14.6. The number of benzene rings is 2. The van der Waals surface area contributed by atoms with Crippen molar-refractivity contribution in [1.82, 2.24) is 10.1 Å². The van der Waals surface area contributed by atoms with Gasteiger partial charge in [-0.25, -0.2) is 4.79 Å². The Morgan fingerprint density at radius 1 is 1.18 bits per heavy atom. The van der Waals surface area contributed by atoms with E-state index >= 15 is 0 Å². The average Bonchev–Trinajstić information content (AvgIpc) is 3.07. The predicted molar refractivity (Wildman–Crippen MR) is 96.7 cm³/mol. The first-order valence-electron chi connectivity index (χ1n) is 7.74. The molecule has 0 fully saturated rings. The summed E-state index contributed by atoms with van der Waals surface area (Å²) >= 11 is 5.56. The van der Waals surface area contributed by atoms with E-state index in [9.17, 15) is 22.8 Å². The quantitative estimate of drug-likeness (QED) is 0.627. The summed E-state index contributed by atoms with van der Waals surface area (Å²) in [5, 5.41) is 5.69. The van der Waals surface area contributed by atoms with Crippen LogP contribution in [-0.4, -0.2) is 16.0 Å². The molecule has 1 amide bonds. The van der Waals surface area contributed by atoms with Crippen molar-refractivity contribution in [2.75, 3.05) is 5.32 Å². The topological polar surface area (TPSA) is 88.0 Å². The molecule has 28 heavy (non-hydrogen) atoms. The van der Waals surface area contributed by atoms with Crippen molar-refractivity contribution in [1.29, 1.82) is 0 Å². The molecular weight excluding hydrogens is 399 g/mol. The molecule has 0 radical (unpaired) electrons. The van der Waals surface area contributed by atoms with Gasteiger partial charge in [-0.2, -0.15) is 13.2 Å². The molecule has 0 aliphatic rings. The van der Waals surface area contributed by atoms with Crippen molar-refractivity contribution >= 4 is 29.3 Å². The molecule has 0 unspecified atom stereocenters. The summed E-state index contributed by atoms with van der Waals surface area (Å²) in [6, 6.07) is 9.68. The number of H-pyrrole nitrogens is 1. The maximum absolute atomic E-state index is 12.9. The lowest BCUT2D eigenvalue weighted by Gasteiger charge is -2.09. The molecular formula is C18H11ClF3N3O3. The summed E-state index contributed by atoms with van der Waals surface area (Å²) in [5.74, 6) is -0.981. The maximum atomic E-state index is 12.9. The Morgan fingerprint density at radius 2 is 1.89 bits per heavy atom. The SMILES string of the molecule is O=C(/C=C/c1ccc(Cl)c(C(F)(F)F)c1)Nc1ccc(-c2noc(=O)[nH]2)cc1. The fourth-order valence-corrected chi connectivity index (χ4v) is 2.51. The van der Waals surface area contributed by atoms with Gasteiger partial charge in [-0.05, 0) is 48.0 Å². The number of aromatic amines is 1. The van der Waals surface area contributed by atoms with E-state index in [0.717, 1.165) is 18.2 Å². The minimum atomic E-state index is -4.58. The van der Waals surface area contributed by atoms with Crippen molar-refractivity contribution in [3.8, 4) is 11.4 Å². The predicted octanol–water partition coefficient (Wildman–Crippen LogP) is 4.35. The van der Waals surface area contributed by atoms with E-state index in [1.54, 1.807) is 24.3 Å². The molecule has 2 N–H and O–H groups in total. The second kappa shape index (κ2) is 7.73. The van der Waals surface area contributed by atoms with E-state index in [2.05, 4.69) is 20.0 Å². The van der Waals surface area contributed by atoms with Crippen molar-refractivity contribution in [2.45, 2.75) is 6.18 Å². The summed E-state index contributed by atoms with van der Waals surface area (Å²) < 4.78 is 43.0. The molecule has 0 spiro atoms. The molecule has 0 aliphatic carbocycles. The van der Waals surface area contributed by atoms with Gasteiger partial charge in [0.2, 0.25) is 5.91 Å². The van der Waals surface area contributed by atoms with Gasteiger partial charge in [-0.3, -0.25) is 14.3 Å². The number of alkyl halides is 3. The molecule has 0 atom stereocenters. The lowest BCUT2D eigenvalue weighted by molar-refractivity contribution is -0.137. The van der Waals surface area contributed by atoms with Crippen molar-refractivity contribution < 1.29 is 22.5 Å². The van der Waals surface area contributed by atoms with Crippen LogP contribution in [0.1, 0.15) is 11.1 Å². The number of halogens is 4. The summed E-state index contributed by atoms with van der Waals surface area (Å²) in [7, 11) is 0. The molecule has 1 aromatic heterocycles. The second-order valence-electron chi connectivity index (χ2n) is 5.58. The average molecular weight is 410 g/mol. The highest BCUT2D eigenvalue weighted by Gasteiger charge is 2.33. The van der Waals surface area contributed by atoms with Gasteiger partial charge < -0.3 is 5.32 Å². The van der Waals surface area contributed by atoms with E-state index in [1.807, 2.05) is 0 Å². The number of anilines is 1. The third kappa shape index (κ3) is 4.68. The number of amides is 1. The molecule has 0 saturated carbocycles. The third-order valence-electron chi connectivity index (χ3n) is 3.59. The van der Waals surface area contributed by atoms with Gasteiger partial charge in [0.05, 0.1) is 10.6 Å². The molecule has 0 bridgehead atoms. The third-order valence-corrected chi connectivity index (χ3v) is 3.92. The van der Waals surface area contributed by atoms with E-state index < -0.39 is 28.4 Å². The van der Waals surface area contributed by atoms with E-state index in [-0.39, 0.29) is 11.4 Å². The first-order chi connectivity index (χ1) is 13.2. The van der Waals surface area contributed by atoms with Crippen LogP contribution < -0.4 is 11.1 Å². The van der Waals surface area contributed by atoms with Crippen LogP contribution in [0.15, 0.2) is 57.9 Å². The summed E-state index contributed by atoms with van der Waals surface area (Å²) in [6.45, 7) is 0. The van der Waals surface area contributed by atoms with Gasteiger partial charge in [0.25, 0.3) is 0 Å². The van der Waals surface area contributed by atoms with Crippen LogP contribution in [0.4, 0.5) is 18.9 Å². The minimum Gasteiger partial charge on any atom is -0.323 e. The van der Waals surface area contributed by atoms with Crippen LogP contribution >= 0.6 is 11.6 Å². The van der Waals surface area contributed by atoms with Gasteiger partial charge in [0.1, 0.15) is 0 Å². The lowest BCUT2D eigenvalue weighted by atomic mass is 10.1. The van der Waals surface area contributed by atoms with Crippen LogP contribution in [0.25, 0.3) is 17.5 Å². The van der Waals surface area contributed by atoms with Gasteiger partial charge in [0.15, 0.2) is 5.82 Å². The van der Waals surface area contributed by atoms with Crippen LogP contribution in [0.2, 0.25) is 5.02 Å². The number of hydrogen-bond donors (Lipinski definition) is 2. The zero-order valence-electron chi connectivity index (χ0n) is 13.9. The first kappa shape index (κ1) is 19.4. The Kier molecular flexibility index (Phi) is 5.36. The highest BCUT2D eigenvalue weighted by atomic mass is 35.5. The van der Waals surface area contributed by atoms with Gasteiger partial charge in [0, 0.05) is 17.3 Å². The van der Waals surface area contributed by atoms with Gasteiger partial charge >= 0.3 is 11.9 Å². The number of rotatable bonds is 4. The Labute approximate surface area is 160 Å². The van der Waals surface area contributed by atoms with Gasteiger partial charge in [-0.1, -0.05) is 22.8 Å². The van der Waals surface area contributed by atoms with Crippen LogP contribution in [-0.2, 0) is 11.0 Å². The first-order valence-corrected chi connectivity index (χ1v) is 8.12. The minimum absolute atomic E-state index is 0.178. The van der Waals surface area contributed by atoms with Crippen LogP contribution in [0.3, 0.4) is 0 Å². The summed E-state index contributed by atoms with van der Waals surface area (Å²) in [4.78, 5) is 25.3. The number of aromatic nitrogens is 2. The summed E-state index contributed by atoms with van der Waals surface area (Å²) in [6.07, 6.45) is -2.24. The molecule has 1 heterocycles. The fourth-order valence-electron chi connectivity index (χ4n) is 2.29. The van der Waals surface area contributed by atoms with Crippen LogP contribution in [0, 0.1) is 0 Å². The zero-order chi connectivity index (χ0) is 20.3. The highest BCUT2D eigenvalue weighted by molar-refractivity contribution is 6.31. The number of nitrogens with zero attached hydrogens (tertiary/aromatic N) is 1. The largest absolute Gasteiger partial charge is 0.439 e. The number of carbonyl (C=O) groups excluding carboxylic acids is 1. The summed E-state index contributed by atoms with van der Waals surface area (Å²) in [5.41, 5.74) is 0.215. The van der Waals surface area contributed by atoms with Crippen molar-refractivity contribution in [3.63, 3.8) is 0 Å². The molecule has 144 valence electrons. The fraction of sp³-hybridized carbons (Fsp3) is 0.0556. The molecule has 3 rings (SSSR count). The molecule has 6 nitrogen and oxygen atoms in total. The smallest absolute Gasteiger partial charge is 0.323 e. The maximum Gasteiger partial charge on any atom is 0.439 e. The number of hydrogen-bond acceptors (Lipinski definition) is 4. The van der Waals surface area contributed by atoms with E-state index in [1.165, 1.54) is 12.1 Å². The van der Waals surface area contributed by atoms with Crippen molar-refractivity contribution in [2.24, 2.45) is 0 Å². The lowest BCUT2D eigenvalue weighted by Crippen LogP contribution is -2.08. The highest BCUT2D eigenvalue weighted by Crippen LogP contribution is 2.35. The standard InChI is InChI=1S/C18H11ClF3N3O3/c19-14-7-1-10(9-13(14)18(20,21)22)2-8-15(26)23-12-5-3-11(4-6-12)16-24-17(27)28-25-16/h1-9H,(H,23,26)(H,24,25,27)/b8-2+.